The molecule has 1 aliphatic heterocycles. The molecule has 9 heteroatoms. The smallest absolute Gasteiger partial charge is 0.252 e. The first-order valence-electron chi connectivity index (χ1n) is 8.64. The number of nitrogens with zero attached hydrogens (tertiary/aromatic N) is 1. The minimum Gasteiger partial charge on any atom is -0.364 e. The van der Waals surface area contributed by atoms with Gasteiger partial charge in [-0.1, -0.05) is 13.8 Å². The minimum atomic E-state index is -3.41. The predicted octanol–water partition coefficient (Wildman–Crippen LogP) is 0.944. The van der Waals surface area contributed by atoms with E-state index in [4.69, 9.17) is 10.5 Å². The predicted molar refractivity (Wildman–Crippen MR) is 98.1 cm³/mol. The van der Waals surface area contributed by atoms with Crippen molar-refractivity contribution in [2.24, 2.45) is 5.73 Å². The zero-order valence-corrected chi connectivity index (χ0v) is 16.4. The van der Waals surface area contributed by atoms with Gasteiger partial charge in [0, 0.05) is 31.1 Å². The van der Waals surface area contributed by atoms with Gasteiger partial charge >= 0.3 is 0 Å². The SMILES string of the molecule is CCN(CC)S(=O)(=O)c1ccc(CCNC(=O)[C@@H]2CC[C@H](CN)O2)s1. The van der Waals surface area contributed by atoms with Gasteiger partial charge in [-0.3, -0.25) is 4.79 Å². The average Bonchev–Trinajstić information content (AvgIpc) is 3.25. The topological polar surface area (TPSA) is 102 Å². The van der Waals surface area contributed by atoms with Crippen LogP contribution in [0.2, 0.25) is 0 Å². The Morgan fingerprint density at radius 3 is 2.68 bits per heavy atom. The third kappa shape index (κ3) is 5.01. The first-order chi connectivity index (χ1) is 11.9. The summed E-state index contributed by atoms with van der Waals surface area (Å²) in [4.78, 5) is 13.0. The Morgan fingerprint density at radius 2 is 2.08 bits per heavy atom. The minimum absolute atomic E-state index is 0.0270. The molecule has 25 heavy (non-hydrogen) atoms. The van der Waals surface area contributed by atoms with Crippen LogP contribution in [0.3, 0.4) is 0 Å². The lowest BCUT2D eigenvalue weighted by molar-refractivity contribution is -0.131. The van der Waals surface area contributed by atoms with Gasteiger partial charge in [-0.15, -0.1) is 11.3 Å². The van der Waals surface area contributed by atoms with E-state index >= 15 is 0 Å². The highest BCUT2D eigenvalue weighted by Gasteiger charge is 2.29. The summed E-state index contributed by atoms with van der Waals surface area (Å²) in [6.45, 7) is 5.44. The van der Waals surface area contributed by atoms with E-state index in [1.54, 1.807) is 6.07 Å². The number of rotatable bonds is 9. The lowest BCUT2D eigenvalue weighted by atomic mass is 10.2. The molecule has 142 valence electrons. The molecule has 1 aromatic heterocycles. The van der Waals surface area contributed by atoms with Gasteiger partial charge < -0.3 is 15.8 Å². The van der Waals surface area contributed by atoms with Gasteiger partial charge in [-0.2, -0.15) is 4.31 Å². The summed E-state index contributed by atoms with van der Waals surface area (Å²) in [7, 11) is -3.41. The van der Waals surface area contributed by atoms with Crippen molar-refractivity contribution in [1.29, 1.82) is 0 Å². The zero-order chi connectivity index (χ0) is 18.4. The molecule has 1 amide bonds. The fraction of sp³-hybridized carbons (Fsp3) is 0.688. The molecule has 1 aliphatic rings. The molecule has 0 spiro atoms. The maximum atomic E-state index is 12.5. The number of thiophene rings is 1. The van der Waals surface area contributed by atoms with Crippen LogP contribution in [0.5, 0.6) is 0 Å². The van der Waals surface area contributed by atoms with Crippen LogP contribution in [0.4, 0.5) is 0 Å². The molecule has 0 aromatic carbocycles. The molecule has 0 bridgehead atoms. The molecule has 1 saturated heterocycles. The van der Waals surface area contributed by atoms with E-state index < -0.39 is 16.1 Å². The number of carbonyl (C=O) groups is 1. The summed E-state index contributed by atoms with van der Waals surface area (Å²) < 4.78 is 32.3. The lowest BCUT2D eigenvalue weighted by Gasteiger charge is -2.16. The van der Waals surface area contributed by atoms with Crippen molar-refractivity contribution in [3.8, 4) is 0 Å². The number of nitrogens with two attached hydrogens (primary N) is 1. The molecular weight excluding hydrogens is 362 g/mol. The standard InChI is InChI=1S/C16H27N3O4S2/c1-3-19(4-2)25(21,22)15-8-6-13(24-15)9-10-18-16(20)14-7-5-12(11-17)23-14/h6,8,12,14H,3-5,7,9-11,17H2,1-2H3,(H,18,20)/t12-,14+/m1/s1. The molecule has 0 aliphatic carbocycles. The monoisotopic (exact) mass is 389 g/mol. The molecule has 2 heterocycles. The summed E-state index contributed by atoms with van der Waals surface area (Å²) in [5, 5.41) is 2.85. The van der Waals surface area contributed by atoms with E-state index in [9.17, 15) is 13.2 Å². The Labute approximate surface area is 153 Å². The Morgan fingerprint density at radius 1 is 1.36 bits per heavy atom. The van der Waals surface area contributed by atoms with Gasteiger partial charge in [0.15, 0.2) is 0 Å². The van der Waals surface area contributed by atoms with Crippen molar-refractivity contribution >= 4 is 27.3 Å². The second-order valence-corrected chi connectivity index (χ2v) is 9.24. The van der Waals surface area contributed by atoms with Crippen LogP contribution in [0, 0.1) is 0 Å². The second-order valence-electron chi connectivity index (χ2n) is 5.91. The summed E-state index contributed by atoms with van der Waals surface area (Å²) >= 11 is 1.26. The molecular formula is C16H27N3O4S2. The Bertz CT molecular complexity index is 671. The van der Waals surface area contributed by atoms with Crippen LogP contribution in [0.1, 0.15) is 31.6 Å². The van der Waals surface area contributed by atoms with Gasteiger partial charge in [-0.25, -0.2) is 8.42 Å². The molecule has 7 nitrogen and oxygen atoms in total. The third-order valence-electron chi connectivity index (χ3n) is 4.27. The van der Waals surface area contributed by atoms with Crippen LogP contribution in [0.25, 0.3) is 0 Å². The largest absolute Gasteiger partial charge is 0.364 e. The summed E-state index contributed by atoms with van der Waals surface area (Å²) in [5.74, 6) is -0.122. The Balaban J connectivity index is 1.85. The maximum Gasteiger partial charge on any atom is 0.252 e. The first kappa shape index (κ1) is 20.3. The molecule has 1 fully saturated rings. The van der Waals surface area contributed by atoms with Crippen LogP contribution in [0.15, 0.2) is 16.3 Å². The highest BCUT2D eigenvalue weighted by Crippen LogP contribution is 2.25. The fourth-order valence-electron chi connectivity index (χ4n) is 2.82. The Hall–Kier alpha value is -1.00. The normalized spacial score (nSPS) is 21.0. The lowest BCUT2D eigenvalue weighted by Crippen LogP contribution is -2.36. The number of sulfonamides is 1. The van der Waals surface area contributed by atoms with Crippen LogP contribution < -0.4 is 11.1 Å². The Kier molecular flexibility index (Phi) is 7.38. The van der Waals surface area contributed by atoms with Gasteiger partial charge in [0.25, 0.3) is 10.0 Å². The fourth-order valence-corrected chi connectivity index (χ4v) is 5.78. The number of hydrogen-bond acceptors (Lipinski definition) is 6. The van der Waals surface area contributed by atoms with Gasteiger partial charge in [-0.05, 0) is 31.4 Å². The highest BCUT2D eigenvalue weighted by molar-refractivity contribution is 7.91. The quantitative estimate of drug-likeness (QED) is 0.655. The van der Waals surface area contributed by atoms with E-state index in [1.165, 1.54) is 15.6 Å². The number of hydrogen-bond donors (Lipinski definition) is 2. The molecule has 2 rings (SSSR count). The van der Waals surface area contributed by atoms with Crippen molar-refractivity contribution < 1.29 is 17.9 Å². The van der Waals surface area contributed by atoms with Crippen LogP contribution in [-0.2, 0) is 26.0 Å². The molecule has 0 unspecified atom stereocenters. The number of amides is 1. The molecule has 0 saturated carbocycles. The van der Waals surface area contributed by atoms with E-state index in [0.717, 1.165) is 11.3 Å². The van der Waals surface area contributed by atoms with Crippen molar-refractivity contribution in [3.05, 3.63) is 17.0 Å². The van der Waals surface area contributed by atoms with Crippen molar-refractivity contribution in [2.75, 3.05) is 26.2 Å². The second kappa shape index (κ2) is 9.09. The van der Waals surface area contributed by atoms with Crippen molar-refractivity contribution in [1.82, 2.24) is 9.62 Å². The molecule has 1 aromatic rings. The first-order valence-corrected chi connectivity index (χ1v) is 10.9. The zero-order valence-electron chi connectivity index (χ0n) is 14.7. The highest BCUT2D eigenvalue weighted by atomic mass is 32.2. The summed E-state index contributed by atoms with van der Waals surface area (Å²) in [5.41, 5.74) is 5.54. The molecule has 3 N–H and O–H groups in total. The van der Waals surface area contributed by atoms with Crippen molar-refractivity contribution in [3.63, 3.8) is 0 Å². The third-order valence-corrected chi connectivity index (χ3v) is 7.93. The van der Waals surface area contributed by atoms with Crippen molar-refractivity contribution in [2.45, 2.75) is 49.5 Å². The summed E-state index contributed by atoms with van der Waals surface area (Å²) in [6.07, 6.45) is 1.65. The maximum absolute atomic E-state index is 12.5. The summed E-state index contributed by atoms with van der Waals surface area (Å²) in [6, 6.07) is 3.45. The van der Waals surface area contributed by atoms with Gasteiger partial charge in [0.2, 0.25) is 5.91 Å². The van der Waals surface area contributed by atoms with Gasteiger partial charge in [0.05, 0.1) is 6.10 Å². The van der Waals surface area contributed by atoms with Crippen LogP contribution in [-0.4, -0.2) is 57.0 Å². The molecule has 0 radical (unpaired) electrons. The van der Waals surface area contributed by atoms with E-state index in [1.807, 2.05) is 19.9 Å². The number of ether oxygens (including phenoxy) is 1. The van der Waals surface area contributed by atoms with Gasteiger partial charge in [0.1, 0.15) is 10.3 Å². The van der Waals surface area contributed by atoms with E-state index in [0.29, 0.717) is 43.2 Å². The van der Waals surface area contributed by atoms with E-state index in [-0.39, 0.29) is 12.0 Å². The molecule has 2 atom stereocenters. The van der Waals surface area contributed by atoms with Crippen LogP contribution >= 0.6 is 11.3 Å². The number of nitrogens with one attached hydrogen (secondary N) is 1. The number of carbonyl (C=O) groups excluding carboxylic acids is 1. The van der Waals surface area contributed by atoms with E-state index in [2.05, 4.69) is 5.32 Å². The average molecular weight is 390 g/mol.